The molecule has 0 atom stereocenters. The number of methoxy groups -OCH3 is 1. The summed E-state index contributed by atoms with van der Waals surface area (Å²) < 4.78 is 32.5. The molecule has 3 rings (SSSR count). The maximum atomic E-state index is 12.2. The quantitative estimate of drug-likeness (QED) is 0.602. The van der Waals surface area contributed by atoms with Crippen molar-refractivity contribution in [2.75, 3.05) is 57.0 Å². The van der Waals surface area contributed by atoms with E-state index in [0.29, 0.717) is 13.0 Å². The van der Waals surface area contributed by atoms with Crippen LogP contribution in [0.3, 0.4) is 0 Å². The minimum atomic E-state index is -3.23. The molecule has 0 radical (unpaired) electrons. The second-order valence-corrected chi connectivity index (χ2v) is 9.23. The number of hydrogen-bond acceptors (Lipinski definition) is 5. The maximum Gasteiger partial charge on any atom is 0.211 e. The van der Waals surface area contributed by atoms with E-state index in [1.807, 2.05) is 48.5 Å². The lowest BCUT2D eigenvalue weighted by molar-refractivity contribution is 0.254. The Morgan fingerprint density at radius 3 is 2.38 bits per heavy atom. The number of rotatable bonds is 10. The first kappa shape index (κ1) is 21.6. The zero-order valence-electron chi connectivity index (χ0n) is 17.1. The van der Waals surface area contributed by atoms with Crippen molar-refractivity contribution in [1.82, 2.24) is 9.62 Å². The molecule has 1 aliphatic rings. The van der Waals surface area contributed by atoms with E-state index in [1.54, 1.807) is 7.11 Å². The molecule has 29 heavy (non-hydrogen) atoms. The number of ether oxygens (including phenoxy) is 1. The van der Waals surface area contributed by atoms with E-state index in [-0.39, 0.29) is 5.75 Å². The van der Waals surface area contributed by atoms with Gasteiger partial charge < -0.3 is 9.64 Å². The minimum Gasteiger partial charge on any atom is -0.495 e. The molecule has 7 heteroatoms. The van der Waals surface area contributed by atoms with Crippen LogP contribution in [-0.4, -0.2) is 65.4 Å². The van der Waals surface area contributed by atoms with Crippen molar-refractivity contribution >= 4 is 15.7 Å². The molecule has 0 amide bonds. The molecule has 1 N–H and O–H groups in total. The number of piperazine rings is 1. The summed E-state index contributed by atoms with van der Waals surface area (Å²) in [6.07, 6.45) is 1.36. The lowest BCUT2D eigenvalue weighted by atomic mass is 10.2. The second-order valence-electron chi connectivity index (χ2n) is 7.30. The van der Waals surface area contributed by atoms with Gasteiger partial charge in [0.25, 0.3) is 0 Å². The summed E-state index contributed by atoms with van der Waals surface area (Å²) >= 11 is 0. The highest BCUT2D eigenvalue weighted by molar-refractivity contribution is 7.89. The second kappa shape index (κ2) is 10.6. The van der Waals surface area contributed by atoms with Crippen LogP contribution < -0.4 is 14.4 Å². The van der Waals surface area contributed by atoms with Gasteiger partial charge in [-0.2, -0.15) is 0 Å². The lowest BCUT2D eigenvalue weighted by Crippen LogP contribution is -2.47. The number of nitrogens with zero attached hydrogens (tertiary/aromatic N) is 2. The first-order valence-electron chi connectivity index (χ1n) is 10.2. The third-order valence-corrected chi connectivity index (χ3v) is 6.66. The van der Waals surface area contributed by atoms with Crippen LogP contribution in [0.4, 0.5) is 5.69 Å². The van der Waals surface area contributed by atoms with Crippen LogP contribution in [0.15, 0.2) is 54.6 Å². The lowest BCUT2D eigenvalue weighted by Gasteiger charge is -2.36. The van der Waals surface area contributed by atoms with Crippen LogP contribution >= 0.6 is 0 Å². The van der Waals surface area contributed by atoms with Crippen LogP contribution in [0.1, 0.15) is 12.0 Å². The topological polar surface area (TPSA) is 61.9 Å². The number of hydrogen-bond donors (Lipinski definition) is 1. The molecule has 1 fully saturated rings. The summed E-state index contributed by atoms with van der Waals surface area (Å²) in [6, 6.07) is 17.8. The summed E-state index contributed by atoms with van der Waals surface area (Å²) in [5.74, 6) is 1.04. The van der Waals surface area contributed by atoms with Gasteiger partial charge in [-0.3, -0.25) is 4.90 Å². The smallest absolute Gasteiger partial charge is 0.211 e. The molecule has 6 nitrogen and oxygen atoms in total. The molecule has 0 spiro atoms. The number of sulfonamides is 1. The van der Waals surface area contributed by atoms with Crippen molar-refractivity contribution in [3.8, 4) is 5.75 Å². The van der Waals surface area contributed by atoms with Gasteiger partial charge in [0.2, 0.25) is 10.0 Å². The largest absolute Gasteiger partial charge is 0.495 e. The van der Waals surface area contributed by atoms with Gasteiger partial charge in [0.1, 0.15) is 5.75 Å². The number of anilines is 1. The standard InChI is InChI=1S/C22H31N3O3S/c1-28-22-11-6-5-10-21(22)25-17-15-24(16-18-25)14-7-13-23-29(26,27)19-12-20-8-3-2-4-9-20/h2-6,8-11,23H,7,12-19H2,1H3. The van der Waals surface area contributed by atoms with Gasteiger partial charge >= 0.3 is 0 Å². The fourth-order valence-corrected chi connectivity index (χ4v) is 4.71. The average molecular weight is 418 g/mol. The Balaban J connectivity index is 1.34. The summed E-state index contributed by atoms with van der Waals surface area (Å²) in [5.41, 5.74) is 2.19. The Hall–Kier alpha value is -2.09. The van der Waals surface area contributed by atoms with Gasteiger partial charge in [-0.1, -0.05) is 42.5 Å². The van der Waals surface area contributed by atoms with E-state index in [2.05, 4.69) is 20.6 Å². The van der Waals surface area contributed by atoms with Crippen LogP contribution in [0.2, 0.25) is 0 Å². The maximum absolute atomic E-state index is 12.2. The number of nitrogens with one attached hydrogen (secondary N) is 1. The third kappa shape index (κ3) is 6.73. The highest BCUT2D eigenvalue weighted by atomic mass is 32.2. The number of aryl methyl sites for hydroxylation is 1. The minimum absolute atomic E-state index is 0.134. The van der Waals surface area contributed by atoms with Crippen molar-refractivity contribution in [3.05, 3.63) is 60.2 Å². The van der Waals surface area contributed by atoms with Gasteiger partial charge in [0.05, 0.1) is 18.6 Å². The van der Waals surface area contributed by atoms with Gasteiger partial charge in [-0.25, -0.2) is 13.1 Å². The van der Waals surface area contributed by atoms with Gasteiger partial charge in [-0.15, -0.1) is 0 Å². The molecular formula is C22H31N3O3S. The van der Waals surface area contributed by atoms with E-state index in [1.165, 1.54) is 0 Å². The van der Waals surface area contributed by atoms with Crippen LogP contribution in [0, 0.1) is 0 Å². The zero-order chi connectivity index (χ0) is 20.5. The fourth-order valence-electron chi connectivity index (χ4n) is 3.60. The van der Waals surface area contributed by atoms with Crippen LogP contribution in [-0.2, 0) is 16.4 Å². The van der Waals surface area contributed by atoms with E-state index in [0.717, 1.165) is 56.1 Å². The van der Waals surface area contributed by atoms with Gasteiger partial charge in [0, 0.05) is 32.7 Å². The van der Waals surface area contributed by atoms with Crippen molar-refractivity contribution < 1.29 is 13.2 Å². The van der Waals surface area contributed by atoms with E-state index < -0.39 is 10.0 Å². The molecule has 1 saturated heterocycles. The highest BCUT2D eigenvalue weighted by Gasteiger charge is 2.19. The molecule has 1 aliphatic heterocycles. The molecule has 1 heterocycles. The van der Waals surface area contributed by atoms with Crippen LogP contribution in [0.25, 0.3) is 0 Å². The Labute approximate surface area is 174 Å². The Morgan fingerprint density at radius 1 is 0.966 bits per heavy atom. The molecule has 0 unspecified atom stereocenters. The fraction of sp³-hybridized carbons (Fsp3) is 0.455. The van der Waals surface area contributed by atoms with E-state index >= 15 is 0 Å². The van der Waals surface area contributed by atoms with Gasteiger partial charge in [-0.05, 0) is 37.1 Å². The first-order valence-corrected chi connectivity index (χ1v) is 11.8. The van der Waals surface area contributed by atoms with Crippen molar-refractivity contribution in [1.29, 1.82) is 0 Å². The van der Waals surface area contributed by atoms with Crippen molar-refractivity contribution in [2.24, 2.45) is 0 Å². The monoisotopic (exact) mass is 417 g/mol. The third-order valence-electron chi connectivity index (χ3n) is 5.27. The highest BCUT2D eigenvalue weighted by Crippen LogP contribution is 2.28. The predicted molar refractivity (Wildman–Crippen MR) is 118 cm³/mol. The summed E-state index contributed by atoms with van der Waals surface area (Å²) in [6.45, 7) is 5.23. The normalized spacial score (nSPS) is 15.4. The van der Waals surface area contributed by atoms with E-state index in [9.17, 15) is 8.42 Å². The molecule has 0 bridgehead atoms. The molecule has 2 aromatic carbocycles. The van der Waals surface area contributed by atoms with Gasteiger partial charge in [0.15, 0.2) is 0 Å². The van der Waals surface area contributed by atoms with E-state index in [4.69, 9.17) is 4.74 Å². The number of benzene rings is 2. The Bertz CT molecular complexity index is 851. The Morgan fingerprint density at radius 2 is 1.66 bits per heavy atom. The molecule has 158 valence electrons. The van der Waals surface area contributed by atoms with Crippen LogP contribution in [0.5, 0.6) is 5.75 Å². The Kier molecular flexibility index (Phi) is 7.91. The number of para-hydroxylation sites is 2. The summed E-state index contributed by atoms with van der Waals surface area (Å²) in [7, 11) is -1.52. The molecule has 0 aliphatic carbocycles. The molecule has 0 aromatic heterocycles. The average Bonchev–Trinajstić information content (AvgIpc) is 2.76. The molecule has 0 saturated carbocycles. The van der Waals surface area contributed by atoms with Crippen molar-refractivity contribution in [3.63, 3.8) is 0 Å². The molecule has 2 aromatic rings. The zero-order valence-corrected chi connectivity index (χ0v) is 17.9. The molecular weight excluding hydrogens is 386 g/mol. The summed E-state index contributed by atoms with van der Waals surface area (Å²) in [4.78, 5) is 4.74. The summed E-state index contributed by atoms with van der Waals surface area (Å²) in [5, 5.41) is 0. The SMILES string of the molecule is COc1ccccc1N1CCN(CCCNS(=O)(=O)CCc2ccccc2)CC1. The predicted octanol–water partition coefficient (Wildman–Crippen LogP) is 2.37. The van der Waals surface area contributed by atoms with Crippen molar-refractivity contribution in [2.45, 2.75) is 12.8 Å². The first-order chi connectivity index (χ1) is 14.1.